The van der Waals surface area contributed by atoms with Gasteiger partial charge < -0.3 is 4.57 Å². The van der Waals surface area contributed by atoms with Gasteiger partial charge in [0.05, 0.1) is 11.0 Å². The number of fused-ring (bicyclic) bond motifs is 1. The second kappa shape index (κ2) is 5.22. The third-order valence-corrected chi connectivity index (χ3v) is 4.41. The van der Waals surface area contributed by atoms with Crippen molar-refractivity contribution in [2.75, 3.05) is 5.88 Å². The van der Waals surface area contributed by atoms with Crippen LogP contribution in [0.25, 0.3) is 11.0 Å². The molecular formula is C14H16BrClN2. The molecule has 0 aliphatic heterocycles. The third-order valence-electron chi connectivity index (χ3n) is 3.73. The molecule has 0 N–H and O–H groups in total. The zero-order valence-electron chi connectivity index (χ0n) is 10.2. The van der Waals surface area contributed by atoms with E-state index in [1.165, 1.54) is 31.2 Å². The first kappa shape index (κ1) is 12.5. The summed E-state index contributed by atoms with van der Waals surface area (Å²) < 4.78 is 3.51. The molecule has 1 fully saturated rings. The fourth-order valence-corrected chi connectivity index (χ4v) is 3.47. The van der Waals surface area contributed by atoms with Crippen molar-refractivity contribution >= 4 is 38.6 Å². The smallest absolute Gasteiger partial charge is 0.111 e. The van der Waals surface area contributed by atoms with Crippen LogP contribution in [0.2, 0.25) is 0 Å². The Hall–Kier alpha value is -0.540. The van der Waals surface area contributed by atoms with Crippen LogP contribution in [0.3, 0.4) is 0 Å². The average molecular weight is 328 g/mol. The lowest BCUT2D eigenvalue weighted by atomic mass is 10.2. The first-order valence-corrected chi connectivity index (χ1v) is 7.84. The number of imidazole rings is 1. The third kappa shape index (κ3) is 2.19. The van der Waals surface area contributed by atoms with Crippen LogP contribution in [0.15, 0.2) is 22.7 Å². The second-order valence-electron chi connectivity index (χ2n) is 4.91. The molecule has 0 atom stereocenters. The molecule has 0 bridgehead atoms. The zero-order chi connectivity index (χ0) is 12.5. The van der Waals surface area contributed by atoms with E-state index in [-0.39, 0.29) is 0 Å². The van der Waals surface area contributed by atoms with Crippen molar-refractivity contribution in [1.29, 1.82) is 0 Å². The minimum Gasteiger partial charge on any atom is -0.325 e. The fourth-order valence-electron chi connectivity index (χ4n) is 2.95. The molecular weight excluding hydrogens is 312 g/mol. The molecule has 0 spiro atoms. The summed E-state index contributed by atoms with van der Waals surface area (Å²) in [6, 6.07) is 6.98. The fraction of sp³-hybridized carbons (Fsp3) is 0.500. The molecule has 3 rings (SSSR count). The lowest BCUT2D eigenvalue weighted by Gasteiger charge is -2.15. The molecule has 0 unspecified atom stereocenters. The number of aryl methyl sites for hydroxylation is 1. The molecule has 2 nitrogen and oxygen atoms in total. The SMILES string of the molecule is ClCCc1nc2cc(Br)ccc2n1C1CCCC1. The van der Waals surface area contributed by atoms with Gasteiger partial charge in [-0.15, -0.1) is 11.6 Å². The van der Waals surface area contributed by atoms with Crippen LogP contribution in [0.5, 0.6) is 0 Å². The molecule has 4 heteroatoms. The highest BCUT2D eigenvalue weighted by atomic mass is 79.9. The van der Waals surface area contributed by atoms with E-state index in [4.69, 9.17) is 16.6 Å². The van der Waals surface area contributed by atoms with Gasteiger partial charge in [-0.25, -0.2) is 4.98 Å². The van der Waals surface area contributed by atoms with Crippen molar-refractivity contribution in [3.63, 3.8) is 0 Å². The number of aromatic nitrogens is 2. The first-order valence-electron chi connectivity index (χ1n) is 6.52. The lowest BCUT2D eigenvalue weighted by Crippen LogP contribution is -2.09. The molecule has 1 heterocycles. The number of alkyl halides is 1. The summed E-state index contributed by atoms with van der Waals surface area (Å²) in [5.41, 5.74) is 2.33. The summed E-state index contributed by atoms with van der Waals surface area (Å²) in [4.78, 5) is 4.76. The molecule has 1 aliphatic carbocycles. The van der Waals surface area contributed by atoms with E-state index in [9.17, 15) is 0 Å². The maximum Gasteiger partial charge on any atom is 0.111 e. The van der Waals surface area contributed by atoms with E-state index < -0.39 is 0 Å². The largest absolute Gasteiger partial charge is 0.325 e. The van der Waals surface area contributed by atoms with Gasteiger partial charge in [0.25, 0.3) is 0 Å². The maximum absolute atomic E-state index is 5.91. The van der Waals surface area contributed by atoms with Crippen molar-refractivity contribution in [3.05, 3.63) is 28.5 Å². The number of nitrogens with zero attached hydrogens (tertiary/aromatic N) is 2. The average Bonchev–Trinajstić information content (AvgIpc) is 2.95. The Labute approximate surface area is 120 Å². The first-order chi connectivity index (χ1) is 8.79. The van der Waals surface area contributed by atoms with Gasteiger partial charge in [-0.05, 0) is 31.0 Å². The van der Waals surface area contributed by atoms with Crippen LogP contribution in [0.1, 0.15) is 37.5 Å². The Morgan fingerprint density at radius 3 is 2.83 bits per heavy atom. The molecule has 0 radical (unpaired) electrons. The highest BCUT2D eigenvalue weighted by molar-refractivity contribution is 9.10. The van der Waals surface area contributed by atoms with Gasteiger partial charge in [0, 0.05) is 22.8 Å². The highest BCUT2D eigenvalue weighted by Gasteiger charge is 2.22. The van der Waals surface area contributed by atoms with Gasteiger partial charge in [0.1, 0.15) is 5.82 Å². The van der Waals surface area contributed by atoms with Crippen LogP contribution in [-0.4, -0.2) is 15.4 Å². The minimum atomic E-state index is 0.620. The van der Waals surface area contributed by atoms with E-state index in [0.717, 1.165) is 22.2 Å². The van der Waals surface area contributed by atoms with Crippen molar-refractivity contribution in [1.82, 2.24) is 9.55 Å². The molecule has 1 aliphatic rings. The second-order valence-corrected chi connectivity index (χ2v) is 6.20. The Morgan fingerprint density at radius 1 is 1.33 bits per heavy atom. The van der Waals surface area contributed by atoms with E-state index >= 15 is 0 Å². The molecule has 1 aromatic carbocycles. The van der Waals surface area contributed by atoms with Crippen LogP contribution >= 0.6 is 27.5 Å². The Bertz CT molecular complexity index is 558. The van der Waals surface area contributed by atoms with E-state index in [2.05, 4.69) is 38.7 Å². The van der Waals surface area contributed by atoms with E-state index in [0.29, 0.717) is 11.9 Å². The Morgan fingerprint density at radius 2 is 2.11 bits per heavy atom. The maximum atomic E-state index is 5.91. The number of hydrogen-bond acceptors (Lipinski definition) is 1. The quantitative estimate of drug-likeness (QED) is 0.747. The van der Waals surface area contributed by atoms with Gasteiger partial charge in [0.15, 0.2) is 0 Å². The van der Waals surface area contributed by atoms with Crippen LogP contribution < -0.4 is 0 Å². The summed E-state index contributed by atoms with van der Waals surface area (Å²) in [5.74, 6) is 1.78. The molecule has 2 aromatic rings. The van der Waals surface area contributed by atoms with Gasteiger partial charge in [0.2, 0.25) is 0 Å². The lowest BCUT2D eigenvalue weighted by molar-refractivity contribution is 0.513. The summed E-state index contributed by atoms with van der Waals surface area (Å²) >= 11 is 9.42. The number of benzene rings is 1. The van der Waals surface area contributed by atoms with Crippen LogP contribution in [0, 0.1) is 0 Å². The predicted molar refractivity (Wildman–Crippen MR) is 79.4 cm³/mol. The summed E-state index contributed by atoms with van der Waals surface area (Å²) in [6.45, 7) is 0. The van der Waals surface area contributed by atoms with Gasteiger partial charge in [-0.1, -0.05) is 28.8 Å². The molecule has 0 saturated heterocycles. The Balaban J connectivity index is 2.14. The highest BCUT2D eigenvalue weighted by Crippen LogP contribution is 2.34. The molecule has 96 valence electrons. The number of halogens is 2. The Kier molecular flexibility index (Phi) is 3.62. The van der Waals surface area contributed by atoms with Crippen LogP contribution in [-0.2, 0) is 6.42 Å². The van der Waals surface area contributed by atoms with E-state index in [1.807, 2.05) is 0 Å². The van der Waals surface area contributed by atoms with Crippen molar-refractivity contribution in [2.45, 2.75) is 38.1 Å². The van der Waals surface area contributed by atoms with Crippen LogP contribution in [0.4, 0.5) is 0 Å². The number of rotatable bonds is 3. The molecule has 18 heavy (non-hydrogen) atoms. The minimum absolute atomic E-state index is 0.620. The topological polar surface area (TPSA) is 17.8 Å². The summed E-state index contributed by atoms with van der Waals surface area (Å²) in [6.07, 6.45) is 6.07. The van der Waals surface area contributed by atoms with Gasteiger partial charge >= 0.3 is 0 Å². The summed E-state index contributed by atoms with van der Waals surface area (Å²) in [5, 5.41) is 0. The molecule has 1 saturated carbocycles. The zero-order valence-corrected chi connectivity index (χ0v) is 12.5. The van der Waals surface area contributed by atoms with E-state index in [1.54, 1.807) is 0 Å². The van der Waals surface area contributed by atoms with Gasteiger partial charge in [-0.3, -0.25) is 0 Å². The van der Waals surface area contributed by atoms with Crippen molar-refractivity contribution in [2.24, 2.45) is 0 Å². The normalized spacial score (nSPS) is 16.8. The predicted octanol–water partition coefficient (Wildman–Crippen LogP) is 4.70. The standard InChI is InChI=1S/C14H16BrClN2/c15-10-5-6-13-12(9-10)17-14(7-8-16)18(13)11-3-1-2-4-11/h5-6,9,11H,1-4,7-8H2. The molecule has 0 amide bonds. The van der Waals surface area contributed by atoms with Gasteiger partial charge in [-0.2, -0.15) is 0 Å². The summed E-state index contributed by atoms with van der Waals surface area (Å²) in [7, 11) is 0. The van der Waals surface area contributed by atoms with Crippen molar-refractivity contribution < 1.29 is 0 Å². The van der Waals surface area contributed by atoms with Crippen molar-refractivity contribution in [3.8, 4) is 0 Å². The molecule has 1 aromatic heterocycles. The number of hydrogen-bond donors (Lipinski definition) is 0. The monoisotopic (exact) mass is 326 g/mol.